The summed E-state index contributed by atoms with van der Waals surface area (Å²) in [5, 5.41) is 0. The van der Waals surface area contributed by atoms with E-state index in [0.717, 1.165) is 0 Å². The zero-order valence-corrected chi connectivity index (χ0v) is 3.74. The summed E-state index contributed by atoms with van der Waals surface area (Å²) in [6.45, 7) is 0. The molecular formula is HClO3P-. The molecular weight excluding hydrogens is 114 g/mol. The van der Waals surface area contributed by atoms with Crippen LogP contribution in [-0.2, 0) is 0 Å². The van der Waals surface area contributed by atoms with Crippen LogP contribution in [0.2, 0.25) is 0 Å². The first-order chi connectivity index (χ1) is 2.00. The molecule has 0 atom stereocenters. The summed E-state index contributed by atoms with van der Waals surface area (Å²) in [5.41, 5.74) is 0. The highest BCUT2D eigenvalue weighted by Crippen LogP contribution is 2.39. The lowest BCUT2D eigenvalue weighted by Gasteiger charge is -2.14. The fraction of sp³-hybridized carbons (Fsp3) is 0. The number of hydrogen-bond donors (Lipinski definition) is 1. The number of halogens is 1. The molecule has 5 heavy (non-hydrogen) atoms. The lowest BCUT2D eigenvalue weighted by molar-refractivity contribution is -0.321. The molecule has 5 heteroatoms. The molecule has 0 radical (unpaired) electrons. The van der Waals surface area contributed by atoms with Crippen LogP contribution in [0, 0.1) is 0 Å². The average Bonchev–Trinajstić information content (AvgIpc) is 0.722. The second kappa shape index (κ2) is 1.37. The van der Waals surface area contributed by atoms with Crippen LogP contribution >= 0.6 is 18.5 Å². The van der Waals surface area contributed by atoms with Crippen LogP contribution in [0.15, 0.2) is 0 Å². The van der Waals surface area contributed by atoms with E-state index >= 15 is 0 Å². The lowest BCUT2D eigenvalue weighted by Crippen LogP contribution is -2.14. The molecule has 0 aliphatic rings. The molecule has 0 aliphatic heterocycles. The summed E-state index contributed by atoms with van der Waals surface area (Å²) in [5.74, 6) is 0. The molecule has 0 spiro atoms. The van der Waals surface area contributed by atoms with Gasteiger partial charge in [-0.3, -0.25) is 0 Å². The van der Waals surface area contributed by atoms with Crippen molar-refractivity contribution in [3.63, 3.8) is 0 Å². The predicted molar refractivity (Wildman–Crippen MR) is 15.0 cm³/mol. The van der Waals surface area contributed by atoms with Gasteiger partial charge in [0.15, 0.2) is 7.30 Å². The van der Waals surface area contributed by atoms with Gasteiger partial charge in [0, 0.05) is 0 Å². The van der Waals surface area contributed by atoms with Crippen molar-refractivity contribution in [3.8, 4) is 0 Å². The van der Waals surface area contributed by atoms with E-state index in [4.69, 9.17) is 14.7 Å². The van der Waals surface area contributed by atoms with Gasteiger partial charge in [-0.1, -0.05) is 0 Å². The van der Waals surface area contributed by atoms with Gasteiger partial charge in [0.25, 0.3) is 0 Å². The van der Waals surface area contributed by atoms with Crippen LogP contribution in [0.5, 0.6) is 0 Å². The van der Waals surface area contributed by atoms with Crippen molar-refractivity contribution in [3.05, 3.63) is 0 Å². The molecule has 0 aromatic heterocycles. The van der Waals surface area contributed by atoms with Gasteiger partial charge in [0.05, 0.1) is 0 Å². The molecule has 3 nitrogen and oxygen atoms in total. The van der Waals surface area contributed by atoms with E-state index in [9.17, 15) is 0 Å². The summed E-state index contributed by atoms with van der Waals surface area (Å²) in [6.07, 6.45) is 0. The minimum absolute atomic E-state index is 4.09. The lowest BCUT2D eigenvalue weighted by atomic mass is 15.8. The first-order valence-electron chi connectivity index (χ1n) is 0.734. The van der Waals surface area contributed by atoms with Crippen LogP contribution in [0.25, 0.3) is 0 Å². The van der Waals surface area contributed by atoms with Crippen LogP contribution < -0.4 is 9.79 Å². The van der Waals surface area contributed by atoms with Crippen molar-refractivity contribution >= 4 is 18.5 Å². The zero-order valence-electron chi connectivity index (χ0n) is 2.09. The minimum atomic E-state index is -4.42. The predicted octanol–water partition coefficient (Wildman–Crippen LogP) is -1.38. The molecule has 0 saturated carbocycles. The van der Waals surface area contributed by atoms with Gasteiger partial charge in [0.1, 0.15) is 11.2 Å². The maximum atomic E-state index is 8.98. The van der Waals surface area contributed by atoms with Gasteiger partial charge in [-0.05, 0) is 0 Å². The first-order valence-corrected chi connectivity index (χ1v) is 3.22. The minimum Gasteiger partial charge on any atom is -0.645 e. The third-order valence-electron chi connectivity index (χ3n) is 0. The molecule has 0 aromatic carbocycles. The molecule has 0 amide bonds. The van der Waals surface area contributed by atoms with Crippen LogP contribution in [0.1, 0.15) is 0 Å². The van der Waals surface area contributed by atoms with E-state index in [-0.39, 0.29) is 0 Å². The Bertz CT molecular complexity index is 22.4. The molecule has 1 N–H and O–H groups in total. The highest BCUT2D eigenvalue weighted by molar-refractivity contribution is 7.83. The van der Waals surface area contributed by atoms with Gasteiger partial charge in [-0.15, -0.1) is 0 Å². The number of rotatable bonds is 0. The maximum absolute atomic E-state index is 8.98. The number of hydrogen-bond acceptors (Lipinski definition) is 3. The molecule has 0 bridgehead atoms. The van der Waals surface area contributed by atoms with E-state index < -0.39 is 7.30 Å². The molecule has 0 aliphatic carbocycles. The van der Waals surface area contributed by atoms with Gasteiger partial charge >= 0.3 is 0 Å². The molecule has 0 saturated heterocycles. The van der Waals surface area contributed by atoms with E-state index in [1.54, 1.807) is 0 Å². The third kappa shape index (κ3) is 86.4. The summed E-state index contributed by atoms with van der Waals surface area (Å²) in [7, 11) is -4.42. The Balaban J connectivity index is 3.02. The standard InChI is InChI=1S/ClH2O3P/c1-5(2,3)4/h(H2,2,3,4)/p-1. The second-order valence-corrected chi connectivity index (χ2v) is 2.64. The summed E-state index contributed by atoms with van der Waals surface area (Å²) in [6, 6.07) is 0. The summed E-state index contributed by atoms with van der Waals surface area (Å²) < 4.78 is 0. The largest absolute Gasteiger partial charge is 0.645 e. The fourth-order valence-electron chi connectivity index (χ4n) is 0. The van der Waals surface area contributed by atoms with Gasteiger partial charge < -0.3 is 9.79 Å². The molecule has 0 unspecified atom stereocenters. The molecule has 0 aromatic rings. The maximum Gasteiger partial charge on any atom is 0.154 e. The Morgan fingerprint density at radius 2 is 1.60 bits per heavy atom. The smallest absolute Gasteiger partial charge is 0.154 e. The van der Waals surface area contributed by atoms with Crippen molar-refractivity contribution in [2.24, 2.45) is 0 Å². The monoisotopic (exact) mass is 115 g/mol. The highest BCUT2D eigenvalue weighted by atomic mass is 35.7. The Hall–Kier alpha value is 0.600. The topological polar surface area (TPSA) is 66.3 Å². The molecule has 32 valence electrons. The van der Waals surface area contributed by atoms with E-state index in [0.29, 0.717) is 0 Å². The zero-order chi connectivity index (χ0) is 4.50. The Labute approximate surface area is 34.2 Å². The second-order valence-electron chi connectivity index (χ2n) is 0.451. The van der Waals surface area contributed by atoms with Crippen LogP contribution in [0.4, 0.5) is 0 Å². The van der Waals surface area contributed by atoms with Gasteiger partial charge in [0.2, 0.25) is 0 Å². The first kappa shape index (κ1) is 5.60. The van der Waals surface area contributed by atoms with Crippen LogP contribution in [0.3, 0.4) is 0 Å². The molecule has 0 heterocycles. The van der Waals surface area contributed by atoms with E-state index in [1.807, 2.05) is 0 Å². The van der Waals surface area contributed by atoms with Gasteiger partial charge in [-0.25, -0.2) is 4.89 Å². The van der Waals surface area contributed by atoms with Crippen LogP contribution in [-0.4, -0.2) is 4.89 Å². The van der Waals surface area contributed by atoms with Crippen molar-refractivity contribution in [1.82, 2.24) is 0 Å². The molecule has 0 fully saturated rings. The molecule has 0 rings (SSSR count). The van der Waals surface area contributed by atoms with Crippen molar-refractivity contribution < 1.29 is 14.7 Å². The van der Waals surface area contributed by atoms with Gasteiger partial charge in [-0.2, -0.15) is 0 Å². The summed E-state index contributed by atoms with van der Waals surface area (Å²) in [4.78, 5) is 25.2. The quantitative estimate of drug-likeness (QED) is 0.396. The Kier molecular flexibility index (Phi) is 1.53. The third-order valence-corrected chi connectivity index (χ3v) is 0. The fourth-order valence-corrected chi connectivity index (χ4v) is 0. The summed E-state index contributed by atoms with van der Waals surface area (Å²) >= 11 is 4.09. The SMILES string of the molecule is [O-][P+]([O-])(O)Cl. The van der Waals surface area contributed by atoms with E-state index in [1.165, 1.54) is 0 Å². The van der Waals surface area contributed by atoms with E-state index in [2.05, 4.69) is 11.2 Å². The van der Waals surface area contributed by atoms with Crippen molar-refractivity contribution in [1.29, 1.82) is 0 Å². The highest BCUT2D eigenvalue weighted by Gasteiger charge is 1.94. The average molecular weight is 115 g/mol. The Morgan fingerprint density at radius 3 is 1.60 bits per heavy atom. The Morgan fingerprint density at radius 1 is 1.60 bits per heavy atom. The normalized spacial score (nSPS) is 12.0. The van der Waals surface area contributed by atoms with Crippen molar-refractivity contribution in [2.75, 3.05) is 0 Å². The van der Waals surface area contributed by atoms with Crippen molar-refractivity contribution in [2.45, 2.75) is 0 Å².